The Hall–Kier alpha value is -0.820. The van der Waals surface area contributed by atoms with Crippen LogP contribution >= 0.6 is 0 Å². The molecule has 0 aromatic heterocycles. The van der Waals surface area contributed by atoms with Crippen LogP contribution in [0.1, 0.15) is 47.5 Å². The van der Waals surface area contributed by atoms with Gasteiger partial charge in [0.1, 0.15) is 5.60 Å². The second-order valence-electron chi connectivity index (χ2n) is 6.05. The number of ether oxygens (including phenoxy) is 1. The topological polar surface area (TPSA) is 92.7 Å². The van der Waals surface area contributed by atoms with Crippen molar-refractivity contribution in [2.24, 2.45) is 5.92 Å². The molecule has 0 heterocycles. The van der Waals surface area contributed by atoms with E-state index in [0.717, 1.165) is 0 Å². The highest BCUT2D eigenvalue weighted by Gasteiger charge is 2.21. The molecule has 0 bridgehead atoms. The molecule has 0 aliphatic carbocycles. The normalized spacial score (nSPS) is 14.3. The van der Waals surface area contributed by atoms with Crippen LogP contribution in [0.25, 0.3) is 0 Å². The highest BCUT2D eigenvalue weighted by molar-refractivity contribution is 7.85. The van der Waals surface area contributed by atoms with E-state index in [1.54, 1.807) is 20.8 Å². The quantitative estimate of drug-likeness (QED) is 0.733. The summed E-state index contributed by atoms with van der Waals surface area (Å²) in [5, 5.41) is 2.64. The third-order valence-corrected chi connectivity index (χ3v) is 2.95. The van der Waals surface area contributed by atoms with Crippen molar-refractivity contribution >= 4 is 16.2 Å². The zero-order valence-electron chi connectivity index (χ0n) is 12.3. The zero-order valence-corrected chi connectivity index (χ0v) is 13.1. The first-order valence-corrected chi connectivity index (χ1v) is 7.94. The van der Waals surface area contributed by atoms with E-state index in [-0.39, 0.29) is 18.2 Å². The van der Waals surface area contributed by atoms with Gasteiger partial charge in [-0.1, -0.05) is 13.8 Å². The lowest BCUT2D eigenvalue weighted by atomic mass is 10.0. The van der Waals surface area contributed by atoms with Gasteiger partial charge in [-0.25, -0.2) is 4.79 Å². The first kappa shape index (κ1) is 18.2. The lowest BCUT2D eigenvalue weighted by molar-refractivity contribution is 0.0497. The van der Waals surface area contributed by atoms with Crippen molar-refractivity contribution in [3.8, 4) is 0 Å². The molecule has 0 saturated carbocycles. The zero-order chi connectivity index (χ0) is 15.3. The summed E-state index contributed by atoms with van der Waals surface area (Å²) >= 11 is 0. The fraction of sp³-hybridized carbons (Fsp3) is 0.917. The Balaban J connectivity index is 4.47. The van der Waals surface area contributed by atoms with Gasteiger partial charge in [0.05, 0.1) is 5.75 Å². The molecule has 0 rings (SSSR count). The van der Waals surface area contributed by atoms with Gasteiger partial charge in [0, 0.05) is 6.04 Å². The Morgan fingerprint density at radius 3 is 2.21 bits per heavy atom. The van der Waals surface area contributed by atoms with Crippen LogP contribution in [0.4, 0.5) is 4.79 Å². The second kappa shape index (κ2) is 7.09. The van der Waals surface area contributed by atoms with Gasteiger partial charge in [0.15, 0.2) is 0 Å². The molecule has 0 aromatic rings. The largest absolute Gasteiger partial charge is 0.444 e. The molecule has 0 saturated heterocycles. The van der Waals surface area contributed by atoms with Crippen LogP contribution in [-0.2, 0) is 14.9 Å². The summed E-state index contributed by atoms with van der Waals surface area (Å²) in [6, 6.07) is -0.336. The number of rotatable bonds is 6. The predicted octanol–water partition coefficient (Wildman–Crippen LogP) is 2.20. The van der Waals surface area contributed by atoms with E-state index >= 15 is 0 Å². The molecule has 0 unspecified atom stereocenters. The molecule has 1 atom stereocenters. The third-order valence-electron chi connectivity index (χ3n) is 2.20. The number of hydrogen-bond acceptors (Lipinski definition) is 4. The molecule has 0 aromatic carbocycles. The Bertz CT molecular complexity index is 383. The fourth-order valence-electron chi connectivity index (χ4n) is 1.58. The highest BCUT2D eigenvalue weighted by Crippen LogP contribution is 2.11. The minimum Gasteiger partial charge on any atom is -0.444 e. The van der Waals surface area contributed by atoms with E-state index in [9.17, 15) is 13.2 Å². The highest BCUT2D eigenvalue weighted by atomic mass is 32.2. The van der Waals surface area contributed by atoms with Crippen LogP contribution in [0.5, 0.6) is 0 Å². The van der Waals surface area contributed by atoms with Crippen LogP contribution in [-0.4, -0.2) is 36.5 Å². The number of carbonyl (C=O) groups excluding carboxylic acids is 1. The Kier molecular flexibility index (Phi) is 6.79. The van der Waals surface area contributed by atoms with E-state index in [2.05, 4.69) is 5.32 Å². The summed E-state index contributed by atoms with van der Waals surface area (Å²) in [6.45, 7) is 9.20. The smallest absolute Gasteiger partial charge is 0.407 e. The molecule has 0 aliphatic rings. The third kappa shape index (κ3) is 12.0. The first-order chi connectivity index (χ1) is 8.39. The molecule has 2 N–H and O–H groups in total. The summed E-state index contributed by atoms with van der Waals surface area (Å²) in [5.74, 6) is -0.0819. The summed E-state index contributed by atoms with van der Waals surface area (Å²) in [6.07, 6.45) is 0.207. The van der Waals surface area contributed by atoms with Crippen LogP contribution in [0.2, 0.25) is 0 Å². The molecule has 0 spiro atoms. The van der Waals surface area contributed by atoms with Crippen LogP contribution in [0.15, 0.2) is 0 Å². The monoisotopic (exact) mass is 295 g/mol. The maximum absolute atomic E-state index is 11.6. The first-order valence-electron chi connectivity index (χ1n) is 6.34. The average molecular weight is 295 g/mol. The summed E-state index contributed by atoms with van der Waals surface area (Å²) < 4.78 is 35.4. The number of hydrogen-bond donors (Lipinski definition) is 2. The number of carbonyl (C=O) groups is 1. The van der Waals surface area contributed by atoms with Gasteiger partial charge in [-0.15, -0.1) is 0 Å². The molecule has 0 aliphatic heterocycles. The van der Waals surface area contributed by atoms with E-state index in [4.69, 9.17) is 9.29 Å². The van der Waals surface area contributed by atoms with Crippen molar-refractivity contribution in [3.63, 3.8) is 0 Å². The minimum atomic E-state index is -4.02. The van der Waals surface area contributed by atoms with Crippen LogP contribution in [0, 0.1) is 5.92 Å². The van der Waals surface area contributed by atoms with E-state index in [1.165, 1.54) is 0 Å². The molecule has 7 heteroatoms. The molecule has 0 fully saturated rings. The second-order valence-corrected chi connectivity index (χ2v) is 7.62. The molecule has 0 radical (unpaired) electrons. The van der Waals surface area contributed by atoms with Gasteiger partial charge in [-0.05, 0) is 39.5 Å². The number of amides is 1. The molecular weight excluding hydrogens is 270 g/mol. The van der Waals surface area contributed by atoms with Crippen molar-refractivity contribution in [3.05, 3.63) is 0 Å². The van der Waals surface area contributed by atoms with Crippen molar-refractivity contribution in [1.82, 2.24) is 5.32 Å². The van der Waals surface area contributed by atoms with Gasteiger partial charge in [0.2, 0.25) is 0 Å². The van der Waals surface area contributed by atoms with Gasteiger partial charge in [-0.2, -0.15) is 8.42 Å². The Morgan fingerprint density at radius 1 is 1.32 bits per heavy atom. The SMILES string of the molecule is CC(C)C[C@@H](CCS(=O)(=O)O)NC(=O)OC(C)(C)C. The van der Waals surface area contributed by atoms with Gasteiger partial charge < -0.3 is 10.1 Å². The van der Waals surface area contributed by atoms with E-state index < -0.39 is 21.8 Å². The Labute approximate surface area is 115 Å². The van der Waals surface area contributed by atoms with Crippen molar-refractivity contribution < 1.29 is 22.5 Å². The molecule has 1 amide bonds. The van der Waals surface area contributed by atoms with E-state index in [0.29, 0.717) is 12.3 Å². The molecule has 19 heavy (non-hydrogen) atoms. The lowest BCUT2D eigenvalue weighted by Gasteiger charge is -2.24. The molecule has 114 valence electrons. The summed E-state index contributed by atoms with van der Waals surface area (Å²) in [5.41, 5.74) is -0.602. The van der Waals surface area contributed by atoms with Crippen molar-refractivity contribution in [1.29, 1.82) is 0 Å². The molecule has 6 nitrogen and oxygen atoms in total. The fourth-order valence-corrected chi connectivity index (χ4v) is 2.17. The number of alkyl carbamates (subject to hydrolysis) is 1. The van der Waals surface area contributed by atoms with Gasteiger partial charge >= 0.3 is 6.09 Å². The Morgan fingerprint density at radius 2 is 1.84 bits per heavy atom. The van der Waals surface area contributed by atoms with E-state index in [1.807, 2.05) is 13.8 Å². The number of nitrogens with one attached hydrogen (secondary N) is 1. The molecular formula is C12H25NO5S. The minimum absolute atomic E-state index is 0.163. The van der Waals surface area contributed by atoms with Crippen LogP contribution < -0.4 is 5.32 Å². The standard InChI is InChI=1S/C12H25NO5S/c1-9(2)8-10(6-7-19(15,16)17)13-11(14)18-12(3,4)5/h9-10H,6-8H2,1-5H3,(H,13,14)(H,15,16,17)/t10-/m1/s1. The maximum atomic E-state index is 11.6. The maximum Gasteiger partial charge on any atom is 0.407 e. The van der Waals surface area contributed by atoms with Gasteiger partial charge in [-0.3, -0.25) is 4.55 Å². The lowest BCUT2D eigenvalue weighted by Crippen LogP contribution is -2.40. The van der Waals surface area contributed by atoms with Crippen LogP contribution in [0.3, 0.4) is 0 Å². The summed E-state index contributed by atoms with van der Waals surface area (Å²) in [4.78, 5) is 11.6. The predicted molar refractivity (Wildman–Crippen MR) is 73.6 cm³/mol. The summed E-state index contributed by atoms with van der Waals surface area (Å²) in [7, 11) is -4.02. The van der Waals surface area contributed by atoms with Crippen molar-refractivity contribution in [2.45, 2.75) is 59.1 Å². The van der Waals surface area contributed by atoms with Crippen molar-refractivity contribution in [2.75, 3.05) is 5.75 Å². The van der Waals surface area contributed by atoms with Gasteiger partial charge in [0.25, 0.3) is 10.1 Å². The average Bonchev–Trinajstić information content (AvgIpc) is 2.08.